The van der Waals surface area contributed by atoms with Crippen LogP contribution in [0.5, 0.6) is 5.75 Å². The van der Waals surface area contributed by atoms with Crippen LogP contribution in [0.15, 0.2) is 48.5 Å². The smallest absolute Gasteiger partial charge is 0.251 e. The third kappa shape index (κ3) is 6.12. The third-order valence-corrected chi connectivity index (χ3v) is 3.77. The summed E-state index contributed by atoms with van der Waals surface area (Å²) >= 11 is 5.97. The molecule has 0 aliphatic rings. The Morgan fingerprint density at radius 3 is 2.48 bits per heavy atom. The van der Waals surface area contributed by atoms with Crippen LogP contribution in [-0.2, 0) is 4.79 Å². The van der Waals surface area contributed by atoms with E-state index in [9.17, 15) is 9.59 Å². The molecule has 0 unspecified atom stereocenters. The predicted octanol–water partition coefficient (Wildman–Crippen LogP) is 3.89. The van der Waals surface area contributed by atoms with Gasteiger partial charge in [-0.1, -0.05) is 37.1 Å². The zero-order valence-corrected chi connectivity index (χ0v) is 14.8. The Morgan fingerprint density at radius 1 is 1.08 bits per heavy atom. The van der Waals surface area contributed by atoms with Gasteiger partial charge in [0.05, 0.1) is 23.9 Å². The molecule has 132 valence electrons. The minimum atomic E-state index is -0.346. The molecule has 0 heterocycles. The molecule has 0 fully saturated rings. The minimum absolute atomic E-state index is 0.140. The number of ether oxygens (including phenoxy) is 1. The summed E-state index contributed by atoms with van der Waals surface area (Å²) in [5, 5.41) is 5.67. The number of rotatable bonds is 8. The number of benzene rings is 2. The van der Waals surface area contributed by atoms with E-state index in [1.807, 2.05) is 0 Å². The van der Waals surface area contributed by atoms with Crippen LogP contribution in [0, 0.1) is 0 Å². The maximum Gasteiger partial charge on any atom is 0.251 e. The van der Waals surface area contributed by atoms with Crippen LogP contribution in [-0.4, -0.2) is 25.0 Å². The van der Waals surface area contributed by atoms with Crippen molar-refractivity contribution < 1.29 is 14.3 Å². The number of amides is 2. The van der Waals surface area contributed by atoms with Gasteiger partial charge in [0.15, 0.2) is 0 Å². The average Bonchev–Trinajstić information content (AvgIpc) is 2.62. The highest BCUT2D eigenvalue weighted by molar-refractivity contribution is 6.33. The van der Waals surface area contributed by atoms with Crippen LogP contribution >= 0.6 is 11.6 Å². The fourth-order valence-electron chi connectivity index (χ4n) is 2.06. The van der Waals surface area contributed by atoms with Crippen molar-refractivity contribution in [2.45, 2.75) is 19.8 Å². The number of halogens is 1. The SMILES string of the molecule is CCCCOc1ccc(C(=O)NCC(=O)Nc2ccccc2Cl)cc1. The molecule has 2 aromatic rings. The van der Waals surface area contributed by atoms with Gasteiger partial charge in [-0.3, -0.25) is 9.59 Å². The van der Waals surface area contributed by atoms with Gasteiger partial charge in [0.1, 0.15) is 5.75 Å². The first-order chi connectivity index (χ1) is 12.1. The van der Waals surface area contributed by atoms with Gasteiger partial charge >= 0.3 is 0 Å². The molecular weight excluding hydrogens is 340 g/mol. The van der Waals surface area contributed by atoms with E-state index >= 15 is 0 Å². The maximum atomic E-state index is 12.1. The topological polar surface area (TPSA) is 67.4 Å². The quantitative estimate of drug-likeness (QED) is 0.702. The molecule has 0 bridgehead atoms. The fourth-order valence-corrected chi connectivity index (χ4v) is 2.24. The summed E-state index contributed by atoms with van der Waals surface area (Å²) in [5.41, 5.74) is 0.977. The fraction of sp³-hybridized carbons (Fsp3) is 0.263. The Bertz CT molecular complexity index is 717. The molecule has 2 rings (SSSR count). The lowest BCUT2D eigenvalue weighted by atomic mass is 10.2. The van der Waals surface area contributed by atoms with Gasteiger partial charge in [-0.05, 0) is 42.8 Å². The van der Waals surface area contributed by atoms with Crippen molar-refractivity contribution in [2.24, 2.45) is 0 Å². The highest BCUT2D eigenvalue weighted by Crippen LogP contribution is 2.20. The molecule has 0 aromatic heterocycles. The number of nitrogens with one attached hydrogen (secondary N) is 2. The molecule has 0 saturated heterocycles. The van der Waals surface area contributed by atoms with Crippen LogP contribution in [0.3, 0.4) is 0 Å². The second kappa shape index (κ2) is 9.69. The summed E-state index contributed by atoms with van der Waals surface area (Å²) in [7, 11) is 0. The summed E-state index contributed by atoms with van der Waals surface area (Å²) in [4.78, 5) is 24.0. The molecule has 0 aliphatic carbocycles. The molecular formula is C19H21ClN2O3. The van der Waals surface area contributed by atoms with Crippen molar-refractivity contribution in [3.63, 3.8) is 0 Å². The number of unbranched alkanes of at least 4 members (excludes halogenated alkanes) is 1. The summed E-state index contributed by atoms with van der Waals surface area (Å²) in [5.74, 6) is 0.0526. The Hall–Kier alpha value is -2.53. The summed E-state index contributed by atoms with van der Waals surface area (Å²) < 4.78 is 5.55. The standard InChI is InChI=1S/C19H21ClN2O3/c1-2-3-12-25-15-10-8-14(9-11-15)19(24)21-13-18(23)22-17-7-5-4-6-16(17)20/h4-11H,2-3,12-13H2,1H3,(H,21,24)(H,22,23). The maximum absolute atomic E-state index is 12.1. The Kier molecular flexibility index (Phi) is 7.29. The Morgan fingerprint density at radius 2 is 1.80 bits per heavy atom. The van der Waals surface area contributed by atoms with Crippen molar-refractivity contribution in [1.29, 1.82) is 0 Å². The molecule has 6 heteroatoms. The van der Waals surface area contributed by atoms with Crippen molar-refractivity contribution >= 4 is 29.1 Å². The van der Waals surface area contributed by atoms with Crippen LogP contribution < -0.4 is 15.4 Å². The number of hydrogen-bond donors (Lipinski definition) is 2. The summed E-state index contributed by atoms with van der Waals surface area (Å²) in [6.07, 6.45) is 2.06. The number of hydrogen-bond acceptors (Lipinski definition) is 3. The van der Waals surface area contributed by atoms with Crippen molar-refractivity contribution in [3.05, 3.63) is 59.1 Å². The minimum Gasteiger partial charge on any atom is -0.494 e. The van der Waals surface area contributed by atoms with Crippen molar-refractivity contribution in [1.82, 2.24) is 5.32 Å². The molecule has 2 N–H and O–H groups in total. The van der Waals surface area contributed by atoms with Crippen LogP contribution in [0.2, 0.25) is 5.02 Å². The second-order valence-electron chi connectivity index (χ2n) is 5.44. The van der Waals surface area contributed by atoms with Gasteiger partial charge in [-0.15, -0.1) is 0 Å². The lowest BCUT2D eigenvalue weighted by molar-refractivity contribution is -0.115. The van der Waals surface area contributed by atoms with E-state index < -0.39 is 0 Å². The average molecular weight is 361 g/mol. The first-order valence-electron chi connectivity index (χ1n) is 8.15. The molecule has 2 amide bonds. The molecule has 25 heavy (non-hydrogen) atoms. The molecule has 0 radical (unpaired) electrons. The zero-order chi connectivity index (χ0) is 18.1. The second-order valence-corrected chi connectivity index (χ2v) is 5.84. The molecule has 0 spiro atoms. The van der Waals surface area contributed by atoms with Crippen molar-refractivity contribution in [2.75, 3.05) is 18.5 Å². The van der Waals surface area contributed by atoms with Gasteiger partial charge < -0.3 is 15.4 Å². The molecule has 2 aromatic carbocycles. The predicted molar refractivity (Wildman–Crippen MR) is 99.3 cm³/mol. The highest BCUT2D eigenvalue weighted by Gasteiger charge is 2.09. The number of carbonyl (C=O) groups is 2. The monoisotopic (exact) mass is 360 g/mol. The van der Waals surface area contributed by atoms with E-state index in [0.717, 1.165) is 18.6 Å². The van der Waals surface area contributed by atoms with Crippen molar-refractivity contribution in [3.8, 4) is 5.75 Å². The van der Waals surface area contributed by atoms with E-state index in [0.29, 0.717) is 22.9 Å². The van der Waals surface area contributed by atoms with E-state index in [1.54, 1.807) is 48.5 Å². The zero-order valence-electron chi connectivity index (χ0n) is 14.0. The largest absolute Gasteiger partial charge is 0.494 e. The van der Waals surface area contributed by atoms with E-state index in [1.165, 1.54) is 0 Å². The van der Waals surface area contributed by atoms with Gasteiger partial charge in [-0.2, -0.15) is 0 Å². The number of carbonyl (C=O) groups excluding carboxylic acids is 2. The summed E-state index contributed by atoms with van der Waals surface area (Å²) in [6, 6.07) is 13.7. The Labute approximate surface area is 152 Å². The van der Waals surface area contributed by atoms with E-state index in [4.69, 9.17) is 16.3 Å². The molecule has 0 aliphatic heterocycles. The van der Waals surface area contributed by atoms with Gasteiger partial charge in [0.2, 0.25) is 5.91 Å². The first-order valence-corrected chi connectivity index (χ1v) is 8.53. The van der Waals surface area contributed by atoms with Crippen LogP contribution in [0.4, 0.5) is 5.69 Å². The van der Waals surface area contributed by atoms with Crippen LogP contribution in [0.25, 0.3) is 0 Å². The third-order valence-electron chi connectivity index (χ3n) is 3.44. The summed E-state index contributed by atoms with van der Waals surface area (Å²) in [6.45, 7) is 2.61. The first kappa shape index (κ1) is 18.8. The highest BCUT2D eigenvalue weighted by atomic mass is 35.5. The van der Waals surface area contributed by atoms with Gasteiger partial charge in [0.25, 0.3) is 5.91 Å². The lowest BCUT2D eigenvalue weighted by Gasteiger charge is -2.09. The van der Waals surface area contributed by atoms with Gasteiger partial charge in [0, 0.05) is 5.56 Å². The molecule has 0 saturated carbocycles. The van der Waals surface area contributed by atoms with E-state index in [2.05, 4.69) is 17.6 Å². The molecule has 0 atom stereocenters. The number of para-hydroxylation sites is 1. The normalized spacial score (nSPS) is 10.2. The lowest BCUT2D eigenvalue weighted by Crippen LogP contribution is -2.32. The van der Waals surface area contributed by atoms with Crippen LogP contribution in [0.1, 0.15) is 30.1 Å². The van der Waals surface area contributed by atoms with Gasteiger partial charge in [-0.25, -0.2) is 0 Å². The van der Waals surface area contributed by atoms with E-state index in [-0.39, 0.29) is 18.4 Å². The Balaban J connectivity index is 1.81. The number of anilines is 1. The molecule has 5 nitrogen and oxygen atoms in total.